The quantitative estimate of drug-likeness (QED) is 0.669. The van der Waals surface area contributed by atoms with Crippen molar-refractivity contribution in [3.63, 3.8) is 0 Å². The van der Waals surface area contributed by atoms with Gasteiger partial charge in [0.05, 0.1) is 27.3 Å². The number of rotatable bonds is 4. The van der Waals surface area contributed by atoms with Crippen molar-refractivity contribution >= 4 is 34.6 Å². The Labute approximate surface area is 130 Å². The van der Waals surface area contributed by atoms with E-state index in [0.717, 1.165) is 0 Å². The van der Waals surface area contributed by atoms with E-state index in [9.17, 15) is 10.1 Å². The molecule has 0 saturated carbocycles. The van der Waals surface area contributed by atoms with Crippen LogP contribution in [0.4, 0.5) is 11.4 Å². The van der Waals surface area contributed by atoms with Crippen LogP contribution in [-0.4, -0.2) is 4.92 Å². The second-order valence-electron chi connectivity index (χ2n) is 4.20. The second kappa shape index (κ2) is 6.44. The highest BCUT2D eigenvalue weighted by Crippen LogP contribution is 2.27. The Hall–Kier alpha value is -2.29. The van der Waals surface area contributed by atoms with E-state index in [1.807, 2.05) is 6.07 Å². The van der Waals surface area contributed by atoms with E-state index in [4.69, 9.17) is 28.5 Å². The first kappa shape index (κ1) is 15.1. The predicted octanol–water partition coefficient (Wildman–Crippen LogP) is 4.39. The molecule has 21 heavy (non-hydrogen) atoms. The SMILES string of the molecule is N#Cc1ccc(Cl)c(NCc2ccc(Cl)c([N+](=O)[O-])c2)c1. The lowest BCUT2D eigenvalue weighted by Gasteiger charge is -2.09. The van der Waals surface area contributed by atoms with E-state index in [-0.39, 0.29) is 10.7 Å². The molecule has 0 unspecified atom stereocenters. The van der Waals surface area contributed by atoms with Crippen LogP contribution in [0.3, 0.4) is 0 Å². The highest BCUT2D eigenvalue weighted by atomic mass is 35.5. The summed E-state index contributed by atoms with van der Waals surface area (Å²) in [5.41, 5.74) is 1.61. The largest absolute Gasteiger partial charge is 0.380 e. The van der Waals surface area contributed by atoms with Crippen molar-refractivity contribution in [2.75, 3.05) is 5.32 Å². The van der Waals surface area contributed by atoms with E-state index >= 15 is 0 Å². The van der Waals surface area contributed by atoms with Crippen LogP contribution in [-0.2, 0) is 6.54 Å². The van der Waals surface area contributed by atoms with Gasteiger partial charge in [0, 0.05) is 12.6 Å². The molecule has 0 atom stereocenters. The van der Waals surface area contributed by atoms with Gasteiger partial charge in [-0.05, 0) is 29.8 Å². The van der Waals surface area contributed by atoms with Gasteiger partial charge in [0.25, 0.3) is 5.69 Å². The number of anilines is 1. The Kier molecular flexibility index (Phi) is 4.63. The van der Waals surface area contributed by atoms with E-state index in [1.54, 1.807) is 24.3 Å². The minimum Gasteiger partial charge on any atom is -0.380 e. The summed E-state index contributed by atoms with van der Waals surface area (Å²) in [7, 11) is 0. The highest BCUT2D eigenvalue weighted by molar-refractivity contribution is 6.33. The number of hydrogen-bond acceptors (Lipinski definition) is 4. The molecule has 2 rings (SSSR count). The Morgan fingerprint density at radius 2 is 1.90 bits per heavy atom. The summed E-state index contributed by atoms with van der Waals surface area (Å²) in [6.07, 6.45) is 0. The molecular formula is C14H9Cl2N3O2. The molecule has 0 fully saturated rings. The molecule has 5 nitrogen and oxygen atoms in total. The number of nitriles is 1. The number of halogens is 2. The maximum absolute atomic E-state index is 10.8. The zero-order valence-corrected chi connectivity index (χ0v) is 12.1. The van der Waals surface area contributed by atoms with Crippen LogP contribution >= 0.6 is 23.2 Å². The molecule has 0 amide bonds. The molecule has 0 saturated heterocycles. The molecule has 1 N–H and O–H groups in total. The van der Waals surface area contributed by atoms with Crippen molar-refractivity contribution in [2.45, 2.75) is 6.54 Å². The maximum Gasteiger partial charge on any atom is 0.288 e. The lowest BCUT2D eigenvalue weighted by molar-refractivity contribution is -0.384. The minimum absolute atomic E-state index is 0.0910. The van der Waals surface area contributed by atoms with Crippen LogP contribution in [0.25, 0.3) is 0 Å². The number of nitrogens with one attached hydrogen (secondary N) is 1. The summed E-state index contributed by atoms with van der Waals surface area (Å²) in [6.45, 7) is 0.326. The third-order valence-electron chi connectivity index (χ3n) is 2.79. The fourth-order valence-corrected chi connectivity index (χ4v) is 2.11. The molecule has 0 aliphatic rings. The fraction of sp³-hybridized carbons (Fsp3) is 0.0714. The molecule has 7 heteroatoms. The van der Waals surface area contributed by atoms with Gasteiger partial charge in [-0.1, -0.05) is 29.3 Å². The van der Waals surface area contributed by atoms with Crippen LogP contribution in [0.5, 0.6) is 0 Å². The van der Waals surface area contributed by atoms with Crippen molar-refractivity contribution in [1.82, 2.24) is 0 Å². The lowest BCUT2D eigenvalue weighted by atomic mass is 10.2. The predicted molar refractivity (Wildman–Crippen MR) is 81.6 cm³/mol. The van der Waals surface area contributed by atoms with Crippen molar-refractivity contribution in [1.29, 1.82) is 5.26 Å². The third-order valence-corrected chi connectivity index (χ3v) is 3.43. The van der Waals surface area contributed by atoms with Crippen LogP contribution < -0.4 is 5.32 Å². The van der Waals surface area contributed by atoms with Crippen LogP contribution in [0, 0.1) is 21.4 Å². The number of nitro groups is 1. The molecule has 106 valence electrons. The Morgan fingerprint density at radius 3 is 2.57 bits per heavy atom. The van der Waals surface area contributed by atoms with Crippen molar-refractivity contribution in [3.05, 3.63) is 67.7 Å². The van der Waals surface area contributed by atoms with Crippen LogP contribution in [0.15, 0.2) is 36.4 Å². The second-order valence-corrected chi connectivity index (χ2v) is 5.02. The molecular weight excluding hydrogens is 313 g/mol. The van der Waals surface area contributed by atoms with Gasteiger partial charge in [0.15, 0.2) is 0 Å². The summed E-state index contributed by atoms with van der Waals surface area (Å²) in [5, 5.41) is 23.3. The first-order valence-corrected chi connectivity index (χ1v) is 6.63. The van der Waals surface area contributed by atoms with Gasteiger partial charge in [-0.2, -0.15) is 5.26 Å². The zero-order chi connectivity index (χ0) is 15.4. The summed E-state index contributed by atoms with van der Waals surface area (Å²) in [5.74, 6) is 0. The fourth-order valence-electron chi connectivity index (χ4n) is 1.74. The van der Waals surface area contributed by atoms with Crippen molar-refractivity contribution in [3.8, 4) is 6.07 Å². The van der Waals surface area contributed by atoms with E-state index in [2.05, 4.69) is 5.32 Å². The minimum atomic E-state index is -0.533. The summed E-state index contributed by atoms with van der Waals surface area (Å²) >= 11 is 11.8. The molecule has 2 aromatic carbocycles. The number of nitrogens with zero attached hydrogens (tertiary/aromatic N) is 2. The number of benzene rings is 2. The standard InChI is InChI=1S/C14H9Cl2N3O2/c15-11-3-1-9(7-17)5-13(11)18-8-10-2-4-12(16)14(6-10)19(20)21/h1-6,18H,8H2. The first-order valence-electron chi connectivity index (χ1n) is 5.87. The highest BCUT2D eigenvalue weighted by Gasteiger charge is 2.12. The van der Waals surface area contributed by atoms with E-state index in [1.165, 1.54) is 12.1 Å². The van der Waals surface area contributed by atoms with Gasteiger partial charge in [-0.25, -0.2) is 0 Å². The van der Waals surface area contributed by atoms with Crippen LogP contribution in [0.2, 0.25) is 10.0 Å². The van der Waals surface area contributed by atoms with Gasteiger partial charge in [0.1, 0.15) is 5.02 Å². The average Bonchev–Trinajstić information content (AvgIpc) is 2.47. The maximum atomic E-state index is 10.8. The average molecular weight is 322 g/mol. The first-order chi connectivity index (χ1) is 10.0. The molecule has 0 spiro atoms. The van der Waals surface area contributed by atoms with E-state index < -0.39 is 4.92 Å². The Balaban J connectivity index is 2.19. The molecule has 0 aromatic heterocycles. The monoisotopic (exact) mass is 321 g/mol. The Bertz CT molecular complexity index is 741. The van der Waals surface area contributed by atoms with Gasteiger partial charge in [0.2, 0.25) is 0 Å². The topological polar surface area (TPSA) is 79.0 Å². The number of nitro benzene ring substituents is 1. The Morgan fingerprint density at radius 1 is 1.19 bits per heavy atom. The molecule has 0 aliphatic heterocycles. The van der Waals surface area contributed by atoms with E-state index in [0.29, 0.717) is 28.4 Å². The smallest absolute Gasteiger partial charge is 0.288 e. The molecule has 0 radical (unpaired) electrons. The molecule has 2 aromatic rings. The normalized spacial score (nSPS) is 9.95. The van der Waals surface area contributed by atoms with Gasteiger partial charge < -0.3 is 5.32 Å². The summed E-state index contributed by atoms with van der Waals surface area (Å²) < 4.78 is 0. The van der Waals surface area contributed by atoms with Gasteiger partial charge in [-0.15, -0.1) is 0 Å². The molecule has 0 aliphatic carbocycles. The zero-order valence-electron chi connectivity index (χ0n) is 10.6. The number of hydrogen-bond donors (Lipinski definition) is 1. The third kappa shape index (κ3) is 3.63. The lowest BCUT2D eigenvalue weighted by Crippen LogP contribution is -2.01. The van der Waals surface area contributed by atoms with Crippen molar-refractivity contribution in [2.24, 2.45) is 0 Å². The molecule has 0 heterocycles. The summed E-state index contributed by atoms with van der Waals surface area (Å²) in [6, 6.07) is 11.4. The molecule has 0 bridgehead atoms. The van der Waals surface area contributed by atoms with Crippen molar-refractivity contribution < 1.29 is 4.92 Å². The van der Waals surface area contributed by atoms with Gasteiger partial charge in [-0.3, -0.25) is 10.1 Å². The van der Waals surface area contributed by atoms with Crippen LogP contribution in [0.1, 0.15) is 11.1 Å². The summed E-state index contributed by atoms with van der Waals surface area (Å²) in [4.78, 5) is 10.3. The van der Waals surface area contributed by atoms with Gasteiger partial charge >= 0.3 is 0 Å².